The van der Waals surface area contributed by atoms with Crippen LogP contribution in [0.3, 0.4) is 0 Å². The van der Waals surface area contributed by atoms with Crippen LogP contribution in [0.2, 0.25) is 0 Å². The van der Waals surface area contributed by atoms with E-state index in [0.717, 1.165) is 62.6 Å². The van der Waals surface area contributed by atoms with Crippen molar-refractivity contribution < 1.29 is 18.3 Å². The van der Waals surface area contributed by atoms with Gasteiger partial charge in [0, 0.05) is 42.3 Å². The molecule has 4 heterocycles. The summed E-state index contributed by atoms with van der Waals surface area (Å²) in [4.78, 5) is 25.2. The van der Waals surface area contributed by atoms with Gasteiger partial charge in [-0.2, -0.15) is 5.26 Å². The number of nitrogens with one attached hydrogen (secondary N) is 1. The molecule has 2 fully saturated rings. The molecule has 0 spiro atoms. The molecule has 2 atom stereocenters. The van der Waals surface area contributed by atoms with Crippen molar-refractivity contribution in [1.29, 1.82) is 5.26 Å². The zero-order chi connectivity index (χ0) is 30.1. The van der Waals surface area contributed by atoms with Crippen molar-refractivity contribution >= 4 is 22.5 Å². The fraction of sp³-hybridized carbons (Fsp3) is 0.455. The fourth-order valence-electron chi connectivity index (χ4n) is 6.81. The van der Waals surface area contributed by atoms with Crippen LogP contribution in [0.25, 0.3) is 22.2 Å². The molecule has 6 rings (SSSR count). The highest BCUT2D eigenvalue weighted by Crippen LogP contribution is 2.38. The molecule has 10 heteroatoms. The molecule has 3 aliphatic rings. The van der Waals surface area contributed by atoms with Gasteiger partial charge in [-0.15, -0.1) is 0 Å². The second-order valence-electron chi connectivity index (χ2n) is 11.8. The number of fused-ring (bicyclic) bond motifs is 2. The van der Waals surface area contributed by atoms with Crippen LogP contribution in [-0.2, 0) is 17.6 Å². The maximum atomic E-state index is 16.5. The predicted octanol–water partition coefficient (Wildman–Crippen LogP) is 5.55. The highest BCUT2D eigenvalue weighted by molar-refractivity contribution is 5.97. The summed E-state index contributed by atoms with van der Waals surface area (Å²) in [5, 5.41) is 13.9. The van der Waals surface area contributed by atoms with Gasteiger partial charge in [-0.05, 0) is 76.1 Å². The van der Waals surface area contributed by atoms with E-state index in [0.29, 0.717) is 30.6 Å². The number of pyridine rings is 2. The normalized spacial score (nSPS) is 20.2. The number of likely N-dealkylation sites (tertiary alicyclic amines) is 2. The van der Waals surface area contributed by atoms with E-state index in [4.69, 9.17) is 4.74 Å². The number of hydrogen-bond acceptors (Lipinski definition) is 7. The average Bonchev–Trinajstić information content (AvgIpc) is 3.66. The molecule has 2 saturated heterocycles. The van der Waals surface area contributed by atoms with Gasteiger partial charge in [-0.3, -0.25) is 9.78 Å². The molecule has 0 saturated carbocycles. The lowest BCUT2D eigenvalue weighted by Crippen LogP contribution is -2.39. The minimum absolute atomic E-state index is 0.0560. The van der Waals surface area contributed by atoms with Gasteiger partial charge in [-0.25, -0.2) is 13.8 Å². The molecule has 0 unspecified atom stereocenters. The number of amides is 1. The lowest BCUT2D eigenvalue weighted by molar-refractivity contribution is -0.129. The summed E-state index contributed by atoms with van der Waals surface area (Å²) >= 11 is 0. The van der Waals surface area contributed by atoms with Crippen molar-refractivity contribution in [2.45, 2.75) is 63.5 Å². The number of nitriles is 1. The maximum absolute atomic E-state index is 16.5. The Balaban J connectivity index is 1.42. The van der Waals surface area contributed by atoms with Crippen molar-refractivity contribution in [3.8, 4) is 23.2 Å². The van der Waals surface area contributed by atoms with Gasteiger partial charge >= 0.3 is 0 Å². The Morgan fingerprint density at radius 1 is 1.19 bits per heavy atom. The van der Waals surface area contributed by atoms with E-state index in [9.17, 15) is 14.4 Å². The Labute approximate surface area is 250 Å². The van der Waals surface area contributed by atoms with Gasteiger partial charge in [0.1, 0.15) is 29.5 Å². The van der Waals surface area contributed by atoms with E-state index >= 15 is 4.39 Å². The number of carbonyl (C=O) groups excluding carboxylic acids is 1. The molecule has 0 radical (unpaired) electrons. The lowest BCUT2D eigenvalue weighted by Gasteiger charge is -2.25. The van der Waals surface area contributed by atoms with Crippen LogP contribution in [0.4, 0.5) is 14.5 Å². The van der Waals surface area contributed by atoms with Gasteiger partial charge in [0.2, 0.25) is 5.88 Å². The quantitative estimate of drug-likeness (QED) is 0.346. The van der Waals surface area contributed by atoms with Crippen molar-refractivity contribution in [3.05, 3.63) is 59.3 Å². The van der Waals surface area contributed by atoms with Gasteiger partial charge in [0.25, 0.3) is 5.91 Å². The molecule has 8 nitrogen and oxygen atoms in total. The molecule has 1 aromatic carbocycles. The third kappa shape index (κ3) is 5.54. The van der Waals surface area contributed by atoms with Gasteiger partial charge < -0.3 is 19.9 Å². The van der Waals surface area contributed by atoms with Crippen molar-refractivity contribution in [1.82, 2.24) is 19.8 Å². The Bertz CT molecular complexity index is 1620. The molecular weight excluding hydrogens is 550 g/mol. The molecule has 0 bridgehead atoms. The molecule has 43 heavy (non-hydrogen) atoms. The van der Waals surface area contributed by atoms with Crippen molar-refractivity contribution in [2.24, 2.45) is 0 Å². The van der Waals surface area contributed by atoms with Crippen LogP contribution in [0, 0.1) is 17.1 Å². The molecule has 1 N–H and O–H groups in total. The van der Waals surface area contributed by atoms with Gasteiger partial charge in [0.05, 0.1) is 5.69 Å². The van der Waals surface area contributed by atoms with E-state index < -0.39 is 17.6 Å². The number of nitrogens with zero attached hydrogens (tertiary/aromatic N) is 5. The van der Waals surface area contributed by atoms with E-state index in [1.165, 1.54) is 10.5 Å². The SMILES string of the molecule is C=C(F)C(=O)N1CCC[C@H]1CNc1c(C#N)c(OC[C@@H]2CCCN2C)nc2c(F)c(-c3cccc4c3CCCC4)ncc12. The first-order valence-electron chi connectivity index (χ1n) is 15.1. The molecule has 1 amide bonds. The largest absolute Gasteiger partial charge is 0.475 e. The number of carbonyl (C=O) groups is 1. The Morgan fingerprint density at radius 2 is 1.98 bits per heavy atom. The second kappa shape index (κ2) is 12.3. The molecule has 1 aliphatic carbocycles. The van der Waals surface area contributed by atoms with E-state index in [1.54, 1.807) is 6.20 Å². The minimum Gasteiger partial charge on any atom is -0.475 e. The highest BCUT2D eigenvalue weighted by atomic mass is 19.1. The van der Waals surface area contributed by atoms with Crippen LogP contribution in [0.15, 0.2) is 36.8 Å². The van der Waals surface area contributed by atoms with Crippen molar-refractivity contribution in [3.63, 3.8) is 0 Å². The monoisotopic (exact) mass is 586 g/mol. The first-order valence-corrected chi connectivity index (χ1v) is 15.1. The standard InChI is InChI=1S/C33H36F2N6O2/c1-20(34)33(42)41-15-7-10-22(41)17-37-29-26(16-36)32(43-19-23-11-6-14-40(23)2)39-31-27(29)18-38-30(28(31)35)25-13-5-9-21-8-3-4-12-24(21)25/h5,9,13,18,22-23H,1,3-4,6-8,10-12,14-15,17,19H2,2H3,(H,37,39)/t22-,23-/m0/s1. The summed E-state index contributed by atoms with van der Waals surface area (Å²) in [6.45, 7) is 5.09. The van der Waals surface area contributed by atoms with Gasteiger partial charge in [-0.1, -0.05) is 24.8 Å². The summed E-state index contributed by atoms with van der Waals surface area (Å²) in [6, 6.07) is 8.00. The summed E-state index contributed by atoms with van der Waals surface area (Å²) in [7, 11) is 2.03. The first kappa shape index (κ1) is 29.0. The molecule has 2 aliphatic heterocycles. The number of halogens is 2. The summed E-state index contributed by atoms with van der Waals surface area (Å²) in [5.41, 5.74) is 3.87. The Morgan fingerprint density at radius 3 is 2.74 bits per heavy atom. The number of benzene rings is 1. The number of likely N-dealkylation sites (N-methyl/N-ethyl adjacent to an activating group) is 1. The Hall–Kier alpha value is -4.10. The molecule has 3 aromatic rings. The Kier molecular flexibility index (Phi) is 8.26. The lowest BCUT2D eigenvalue weighted by atomic mass is 9.87. The zero-order valence-corrected chi connectivity index (χ0v) is 24.5. The fourth-order valence-corrected chi connectivity index (χ4v) is 6.81. The zero-order valence-electron chi connectivity index (χ0n) is 24.5. The third-order valence-electron chi connectivity index (χ3n) is 9.17. The third-order valence-corrected chi connectivity index (χ3v) is 9.17. The second-order valence-corrected chi connectivity index (χ2v) is 11.8. The van der Waals surface area contributed by atoms with Crippen LogP contribution in [-0.4, -0.2) is 71.0 Å². The average molecular weight is 587 g/mol. The van der Waals surface area contributed by atoms with Crippen LogP contribution < -0.4 is 10.1 Å². The summed E-state index contributed by atoms with van der Waals surface area (Å²) in [6.07, 6.45) is 8.93. The number of aromatic nitrogens is 2. The first-order chi connectivity index (χ1) is 20.9. The summed E-state index contributed by atoms with van der Waals surface area (Å²) in [5.74, 6) is -2.26. The van der Waals surface area contributed by atoms with Gasteiger partial charge in [0.15, 0.2) is 11.6 Å². The van der Waals surface area contributed by atoms with Crippen LogP contribution >= 0.6 is 0 Å². The predicted molar refractivity (Wildman–Crippen MR) is 161 cm³/mol. The number of hydrogen-bond donors (Lipinski definition) is 1. The van der Waals surface area contributed by atoms with E-state index in [1.807, 2.05) is 19.2 Å². The smallest absolute Gasteiger partial charge is 0.282 e. The molecule has 2 aromatic heterocycles. The number of rotatable bonds is 8. The number of aryl methyl sites for hydroxylation is 1. The highest BCUT2D eigenvalue weighted by Gasteiger charge is 2.31. The van der Waals surface area contributed by atoms with E-state index in [2.05, 4.69) is 38.9 Å². The maximum Gasteiger partial charge on any atom is 0.282 e. The molecule has 224 valence electrons. The molecular formula is C33H36F2N6O2. The van der Waals surface area contributed by atoms with Crippen LogP contribution in [0.5, 0.6) is 5.88 Å². The summed E-state index contributed by atoms with van der Waals surface area (Å²) < 4.78 is 36.4. The van der Waals surface area contributed by atoms with Crippen LogP contribution in [0.1, 0.15) is 55.2 Å². The number of ether oxygens (including phenoxy) is 1. The van der Waals surface area contributed by atoms with Crippen molar-refractivity contribution in [2.75, 3.05) is 38.6 Å². The number of anilines is 1. The van der Waals surface area contributed by atoms with E-state index in [-0.39, 0.29) is 41.3 Å². The topological polar surface area (TPSA) is 94.4 Å². The minimum atomic E-state index is -1.01.